The largest absolute Gasteiger partial charge is 0.325 e. The average Bonchev–Trinajstić information content (AvgIpc) is 2.69. The second kappa shape index (κ2) is 5.40. The van der Waals surface area contributed by atoms with Crippen molar-refractivity contribution in [2.75, 3.05) is 5.32 Å². The van der Waals surface area contributed by atoms with Gasteiger partial charge in [-0.1, -0.05) is 32.0 Å². The zero-order valence-electron chi connectivity index (χ0n) is 11.1. The van der Waals surface area contributed by atoms with Crippen LogP contribution >= 0.6 is 0 Å². The summed E-state index contributed by atoms with van der Waals surface area (Å²) in [5.41, 5.74) is 4.04. The van der Waals surface area contributed by atoms with Crippen molar-refractivity contribution in [3.63, 3.8) is 0 Å². The van der Waals surface area contributed by atoms with Gasteiger partial charge in [0.2, 0.25) is 5.96 Å². The SMILES string of the molecule is CC1(C)CCC(N=C(NN)Nc2ccccc2)C1. The summed E-state index contributed by atoms with van der Waals surface area (Å²) in [5, 5.41) is 3.20. The number of rotatable bonds is 2. The Bertz CT molecular complexity index is 411. The molecule has 4 N–H and O–H groups in total. The second-order valence-corrected chi connectivity index (χ2v) is 5.67. The first kappa shape index (κ1) is 12.9. The lowest BCUT2D eigenvalue weighted by Crippen LogP contribution is -2.37. The lowest BCUT2D eigenvalue weighted by molar-refractivity contribution is 0.376. The van der Waals surface area contributed by atoms with Gasteiger partial charge in [-0.05, 0) is 36.8 Å². The predicted octanol–water partition coefficient (Wildman–Crippen LogP) is 2.50. The molecule has 98 valence electrons. The first-order valence-corrected chi connectivity index (χ1v) is 6.45. The lowest BCUT2D eigenvalue weighted by Gasteiger charge is -2.16. The minimum Gasteiger partial charge on any atom is -0.325 e. The zero-order valence-corrected chi connectivity index (χ0v) is 11.1. The highest BCUT2D eigenvalue weighted by atomic mass is 15.3. The molecule has 1 aromatic rings. The van der Waals surface area contributed by atoms with E-state index in [2.05, 4.69) is 29.6 Å². The molecule has 0 bridgehead atoms. The third-order valence-electron chi connectivity index (χ3n) is 3.43. The summed E-state index contributed by atoms with van der Waals surface area (Å²) >= 11 is 0. The van der Waals surface area contributed by atoms with Crippen LogP contribution in [0, 0.1) is 5.41 Å². The van der Waals surface area contributed by atoms with Gasteiger partial charge in [0.25, 0.3) is 0 Å². The highest BCUT2D eigenvalue weighted by Crippen LogP contribution is 2.38. The van der Waals surface area contributed by atoms with Gasteiger partial charge in [-0.2, -0.15) is 0 Å². The fraction of sp³-hybridized carbons (Fsp3) is 0.500. The molecule has 4 nitrogen and oxygen atoms in total. The van der Waals surface area contributed by atoms with E-state index in [4.69, 9.17) is 5.84 Å². The smallest absolute Gasteiger partial charge is 0.210 e. The van der Waals surface area contributed by atoms with Gasteiger partial charge in [0.1, 0.15) is 0 Å². The molecular weight excluding hydrogens is 224 g/mol. The van der Waals surface area contributed by atoms with Crippen molar-refractivity contribution in [2.24, 2.45) is 16.3 Å². The molecule has 1 unspecified atom stereocenters. The van der Waals surface area contributed by atoms with Crippen molar-refractivity contribution < 1.29 is 0 Å². The van der Waals surface area contributed by atoms with Crippen molar-refractivity contribution in [3.05, 3.63) is 30.3 Å². The molecule has 4 heteroatoms. The minimum absolute atomic E-state index is 0.363. The summed E-state index contributed by atoms with van der Waals surface area (Å²) in [6.07, 6.45) is 3.48. The van der Waals surface area contributed by atoms with E-state index in [0.29, 0.717) is 17.4 Å². The second-order valence-electron chi connectivity index (χ2n) is 5.67. The van der Waals surface area contributed by atoms with Crippen molar-refractivity contribution in [2.45, 2.75) is 39.2 Å². The van der Waals surface area contributed by atoms with E-state index in [1.807, 2.05) is 30.3 Å². The molecule has 0 spiro atoms. The van der Waals surface area contributed by atoms with Crippen LogP contribution in [0.4, 0.5) is 5.69 Å². The number of nitrogens with zero attached hydrogens (tertiary/aromatic N) is 1. The molecule has 1 fully saturated rings. The van der Waals surface area contributed by atoms with E-state index in [1.165, 1.54) is 6.42 Å². The Kier molecular flexibility index (Phi) is 3.87. The maximum Gasteiger partial charge on any atom is 0.210 e. The lowest BCUT2D eigenvalue weighted by atomic mass is 9.92. The molecule has 1 aromatic carbocycles. The molecule has 2 rings (SSSR count). The van der Waals surface area contributed by atoms with E-state index in [9.17, 15) is 0 Å². The maximum atomic E-state index is 5.52. The number of aliphatic imine (C=N–C) groups is 1. The normalized spacial score (nSPS) is 22.8. The first-order valence-electron chi connectivity index (χ1n) is 6.45. The van der Waals surface area contributed by atoms with Crippen LogP contribution in [0.3, 0.4) is 0 Å². The molecular formula is C14H22N4. The molecule has 0 heterocycles. The number of guanidine groups is 1. The summed E-state index contributed by atoms with van der Waals surface area (Å²) in [5.74, 6) is 6.17. The number of hydrogen-bond donors (Lipinski definition) is 3. The monoisotopic (exact) mass is 246 g/mol. The van der Waals surface area contributed by atoms with Crippen molar-refractivity contribution in [1.29, 1.82) is 0 Å². The quantitative estimate of drug-likeness (QED) is 0.325. The summed E-state index contributed by atoms with van der Waals surface area (Å²) in [4.78, 5) is 4.65. The molecule has 1 aliphatic rings. The number of para-hydroxylation sites is 1. The van der Waals surface area contributed by atoms with Crippen LogP contribution in [0.5, 0.6) is 0 Å². The van der Waals surface area contributed by atoms with Crippen LogP contribution in [-0.4, -0.2) is 12.0 Å². The van der Waals surface area contributed by atoms with Gasteiger partial charge in [-0.3, -0.25) is 5.43 Å². The van der Waals surface area contributed by atoms with E-state index in [-0.39, 0.29) is 0 Å². The summed E-state index contributed by atoms with van der Waals surface area (Å²) in [7, 11) is 0. The highest BCUT2D eigenvalue weighted by molar-refractivity contribution is 5.93. The van der Waals surface area contributed by atoms with E-state index in [1.54, 1.807) is 0 Å². The molecule has 18 heavy (non-hydrogen) atoms. The van der Waals surface area contributed by atoms with Crippen LogP contribution in [-0.2, 0) is 0 Å². The number of hydrazine groups is 1. The number of hydrogen-bond acceptors (Lipinski definition) is 2. The standard InChI is InChI=1S/C14H22N4/c1-14(2)9-8-12(10-14)17-13(18-15)16-11-6-4-3-5-7-11/h3-7,12H,8-10,15H2,1-2H3,(H2,16,17,18). The molecule has 0 saturated heterocycles. The Morgan fingerprint density at radius 3 is 2.61 bits per heavy atom. The summed E-state index contributed by atoms with van der Waals surface area (Å²) < 4.78 is 0. The van der Waals surface area contributed by atoms with E-state index >= 15 is 0 Å². The van der Waals surface area contributed by atoms with Crippen LogP contribution in [0.1, 0.15) is 33.1 Å². The average molecular weight is 246 g/mol. The molecule has 0 aliphatic heterocycles. The Labute approximate surface area is 109 Å². The van der Waals surface area contributed by atoms with Gasteiger partial charge in [0.15, 0.2) is 0 Å². The number of benzene rings is 1. The minimum atomic E-state index is 0.363. The Hall–Kier alpha value is -1.55. The van der Waals surface area contributed by atoms with Crippen molar-refractivity contribution in [1.82, 2.24) is 5.43 Å². The number of anilines is 1. The van der Waals surface area contributed by atoms with Crippen molar-refractivity contribution >= 4 is 11.6 Å². The molecule has 0 amide bonds. The fourth-order valence-electron chi connectivity index (χ4n) is 2.46. The predicted molar refractivity (Wildman–Crippen MR) is 76.2 cm³/mol. The third kappa shape index (κ3) is 3.47. The Morgan fingerprint density at radius 2 is 2.06 bits per heavy atom. The Balaban J connectivity index is 2.01. The van der Waals surface area contributed by atoms with Gasteiger partial charge in [0, 0.05) is 5.69 Å². The third-order valence-corrected chi connectivity index (χ3v) is 3.43. The molecule has 0 radical (unpaired) electrons. The number of nitrogens with one attached hydrogen (secondary N) is 2. The summed E-state index contributed by atoms with van der Waals surface area (Å²) in [6, 6.07) is 10.3. The van der Waals surface area contributed by atoms with Crippen LogP contribution < -0.4 is 16.6 Å². The molecule has 1 atom stereocenters. The van der Waals surface area contributed by atoms with E-state index < -0.39 is 0 Å². The van der Waals surface area contributed by atoms with E-state index in [0.717, 1.165) is 18.5 Å². The van der Waals surface area contributed by atoms with Crippen LogP contribution in [0.25, 0.3) is 0 Å². The summed E-state index contributed by atoms with van der Waals surface area (Å²) in [6.45, 7) is 4.59. The number of nitrogens with two attached hydrogens (primary N) is 1. The van der Waals surface area contributed by atoms with Crippen molar-refractivity contribution in [3.8, 4) is 0 Å². The topological polar surface area (TPSA) is 62.4 Å². The van der Waals surface area contributed by atoms with Crippen LogP contribution in [0.2, 0.25) is 0 Å². The van der Waals surface area contributed by atoms with Gasteiger partial charge in [-0.25, -0.2) is 10.8 Å². The Morgan fingerprint density at radius 1 is 1.33 bits per heavy atom. The van der Waals surface area contributed by atoms with Gasteiger partial charge >= 0.3 is 0 Å². The highest BCUT2D eigenvalue weighted by Gasteiger charge is 2.30. The molecule has 1 saturated carbocycles. The molecule has 1 aliphatic carbocycles. The maximum absolute atomic E-state index is 5.52. The zero-order chi connectivity index (χ0) is 13.0. The van der Waals surface area contributed by atoms with Crippen LogP contribution in [0.15, 0.2) is 35.3 Å². The first-order chi connectivity index (χ1) is 8.59. The van der Waals surface area contributed by atoms with Gasteiger partial charge < -0.3 is 5.32 Å². The van der Waals surface area contributed by atoms with Gasteiger partial charge in [0.05, 0.1) is 6.04 Å². The fourth-order valence-corrected chi connectivity index (χ4v) is 2.46. The molecule has 0 aromatic heterocycles. The van der Waals surface area contributed by atoms with Gasteiger partial charge in [-0.15, -0.1) is 0 Å².